The molecule has 0 aromatic rings. The number of hydrogen-bond donors (Lipinski definition) is 0. The predicted octanol–water partition coefficient (Wildman–Crippen LogP) is 2.14. The van der Waals surface area contributed by atoms with Crippen LogP contribution in [0.25, 0.3) is 0 Å². The third-order valence-electron chi connectivity index (χ3n) is 0.555. The van der Waals surface area contributed by atoms with Crippen LogP contribution in [0.4, 0.5) is 4.79 Å². The first kappa shape index (κ1) is 10.1. The molecular formula is C4H5Cl3O3. The molecule has 0 aliphatic carbocycles. The van der Waals surface area contributed by atoms with Crippen LogP contribution in [0.3, 0.4) is 0 Å². The molecule has 6 heteroatoms. The van der Waals surface area contributed by atoms with Crippen molar-refractivity contribution in [1.29, 1.82) is 0 Å². The minimum Gasteiger partial charge on any atom is -0.438 e. The SMILES string of the molecule is COC(=O)OC(Cl)(Cl)CCl. The maximum atomic E-state index is 10.3. The smallest absolute Gasteiger partial charge is 0.438 e. The summed E-state index contributed by atoms with van der Waals surface area (Å²) in [7, 11) is 1.14. The van der Waals surface area contributed by atoms with Crippen LogP contribution >= 0.6 is 34.8 Å². The monoisotopic (exact) mass is 206 g/mol. The van der Waals surface area contributed by atoms with Crippen molar-refractivity contribution < 1.29 is 14.3 Å². The van der Waals surface area contributed by atoms with Crippen molar-refractivity contribution in [1.82, 2.24) is 0 Å². The van der Waals surface area contributed by atoms with Crippen LogP contribution in [0.2, 0.25) is 0 Å². The van der Waals surface area contributed by atoms with Crippen LogP contribution in [0, 0.1) is 0 Å². The van der Waals surface area contributed by atoms with Crippen molar-refractivity contribution in [3.63, 3.8) is 0 Å². The lowest BCUT2D eigenvalue weighted by molar-refractivity contribution is 0.0557. The first-order valence-electron chi connectivity index (χ1n) is 2.22. The standard InChI is InChI=1S/C4H5Cl3O3/c1-9-3(8)10-4(6,7)2-5/h2H2,1H3. The number of alkyl halides is 3. The highest BCUT2D eigenvalue weighted by molar-refractivity contribution is 6.50. The summed E-state index contributed by atoms with van der Waals surface area (Å²) in [4.78, 5) is 10.3. The summed E-state index contributed by atoms with van der Waals surface area (Å²) in [6.07, 6.45) is -0.967. The van der Waals surface area contributed by atoms with Crippen LogP contribution < -0.4 is 0 Å². The fourth-order valence-corrected chi connectivity index (χ4v) is 0.371. The van der Waals surface area contributed by atoms with Crippen LogP contribution in [0.1, 0.15) is 0 Å². The van der Waals surface area contributed by atoms with Crippen molar-refractivity contribution in [2.75, 3.05) is 13.0 Å². The second kappa shape index (κ2) is 4.11. The molecule has 0 bridgehead atoms. The molecule has 0 rings (SSSR count). The van der Waals surface area contributed by atoms with E-state index in [1.165, 1.54) is 0 Å². The molecule has 0 aliphatic heterocycles. The summed E-state index contributed by atoms with van der Waals surface area (Å²) in [6.45, 7) is 0. The van der Waals surface area contributed by atoms with Gasteiger partial charge in [0.25, 0.3) is 4.52 Å². The minimum atomic E-state index is -1.70. The third-order valence-corrected chi connectivity index (χ3v) is 1.63. The lowest BCUT2D eigenvalue weighted by atomic mass is 10.8. The van der Waals surface area contributed by atoms with Crippen LogP contribution in [0.15, 0.2) is 0 Å². The molecule has 0 heterocycles. The lowest BCUT2D eigenvalue weighted by Gasteiger charge is -2.14. The molecule has 0 unspecified atom stereocenters. The molecule has 60 valence electrons. The van der Waals surface area contributed by atoms with Gasteiger partial charge in [-0.2, -0.15) is 0 Å². The summed E-state index contributed by atoms with van der Waals surface area (Å²) in [6, 6.07) is 0. The molecule has 0 aliphatic rings. The number of halogens is 3. The Bertz CT molecular complexity index is 125. The Balaban J connectivity index is 3.76. The minimum absolute atomic E-state index is 0.217. The van der Waals surface area contributed by atoms with Gasteiger partial charge in [-0.3, -0.25) is 0 Å². The molecular weight excluding hydrogens is 202 g/mol. The van der Waals surface area contributed by atoms with E-state index in [2.05, 4.69) is 9.47 Å². The molecule has 0 radical (unpaired) electrons. The van der Waals surface area contributed by atoms with Crippen LogP contribution in [0.5, 0.6) is 0 Å². The second-order valence-electron chi connectivity index (χ2n) is 1.33. The van der Waals surface area contributed by atoms with Gasteiger partial charge >= 0.3 is 6.16 Å². The van der Waals surface area contributed by atoms with E-state index < -0.39 is 10.7 Å². The highest BCUT2D eigenvalue weighted by Gasteiger charge is 2.28. The summed E-state index contributed by atoms with van der Waals surface area (Å²) < 4.78 is 6.67. The maximum absolute atomic E-state index is 10.3. The Kier molecular flexibility index (Phi) is 4.17. The fraction of sp³-hybridized carbons (Fsp3) is 0.750. The van der Waals surface area contributed by atoms with E-state index in [1.807, 2.05) is 0 Å². The Morgan fingerprint density at radius 2 is 2.10 bits per heavy atom. The zero-order valence-electron chi connectivity index (χ0n) is 5.07. The summed E-state index contributed by atoms with van der Waals surface area (Å²) >= 11 is 15.8. The average Bonchev–Trinajstić information content (AvgIpc) is 1.87. The van der Waals surface area contributed by atoms with Crippen LogP contribution in [-0.4, -0.2) is 23.7 Å². The quantitative estimate of drug-likeness (QED) is 0.514. The Hall–Kier alpha value is 0.140. The second-order valence-corrected chi connectivity index (χ2v) is 3.01. The van der Waals surface area contributed by atoms with E-state index in [1.54, 1.807) is 0 Å². The van der Waals surface area contributed by atoms with Crippen LogP contribution in [-0.2, 0) is 9.47 Å². The highest BCUT2D eigenvalue weighted by atomic mass is 35.5. The zero-order valence-corrected chi connectivity index (χ0v) is 7.33. The van der Waals surface area contributed by atoms with E-state index in [4.69, 9.17) is 34.8 Å². The number of carbonyl (C=O) groups is 1. The molecule has 0 atom stereocenters. The van der Waals surface area contributed by atoms with E-state index in [9.17, 15) is 4.79 Å². The number of ether oxygens (including phenoxy) is 2. The number of rotatable bonds is 2. The van der Waals surface area contributed by atoms with Gasteiger partial charge in [0.05, 0.1) is 13.0 Å². The van der Waals surface area contributed by atoms with Gasteiger partial charge in [0, 0.05) is 0 Å². The van der Waals surface area contributed by atoms with Gasteiger partial charge in [-0.25, -0.2) is 4.79 Å². The van der Waals surface area contributed by atoms with Crippen molar-refractivity contribution in [3.8, 4) is 0 Å². The molecule has 0 spiro atoms. The van der Waals surface area contributed by atoms with E-state index in [-0.39, 0.29) is 5.88 Å². The normalized spacial score (nSPS) is 10.8. The maximum Gasteiger partial charge on any atom is 0.510 e. The van der Waals surface area contributed by atoms with Gasteiger partial charge in [-0.1, -0.05) is 23.2 Å². The number of hydrogen-bond acceptors (Lipinski definition) is 3. The van der Waals surface area contributed by atoms with E-state index >= 15 is 0 Å². The van der Waals surface area contributed by atoms with Crippen molar-refractivity contribution in [3.05, 3.63) is 0 Å². The number of carbonyl (C=O) groups excluding carboxylic acids is 1. The predicted molar refractivity (Wildman–Crippen MR) is 38.6 cm³/mol. The number of methoxy groups -OCH3 is 1. The molecule has 0 amide bonds. The van der Waals surface area contributed by atoms with Gasteiger partial charge in [0.1, 0.15) is 0 Å². The van der Waals surface area contributed by atoms with E-state index in [0.29, 0.717) is 0 Å². The third kappa shape index (κ3) is 4.04. The van der Waals surface area contributed by atoms with E-state index in [0.717, 1.165) is 7.11 Å². The average molecular weight is 207 g/mol. The molecule has 0 saturated carbocycles. The molecule has 0 saturated heterocycles. The Morgan fingerprint density at radius 3 is 2.40 bits per heavy atom. The van der Waals surface area contributed by atoms with Crippen molar-refractivity contribution in [2.45, 2.75) is 4.52 Å². The molecule has 3 nitrogen and oxygen atoms in total. The van der Waals surface area contributed by atoms with Gasteiger partial charge in [0.2, 0.25) is 0 Å². The van der Waals surface area contributed by atoms with Gasteiger partial charge in [-0.05, 0) is 0 Å². The fourth-order valence-electron chi connectivity index (χ4n) is 0.191. The molecule has 0 N–H and O–H groups in total. The van der Waals surface area contributed by atoms with Crippen molar-refractivity contribution in [2.24, 2.45) is 0 Å². The first-order valence-corrected chi connectivity index (χ1v) is 3.51. The zero-order chi connectivity index (χ0) is 8.20. The Labute approximate surface area is 73.1 Å². The highest BCUT2D eigenvalue weighted by Crippen LogP contribution is 2.24. The van der Waals surface area contributed by atoms with Gasteiger partial charge < -0.3 is 9.47 Å². The first-order chi connectivity index (χ1) is 4.52. The van der Waals surface area contributed by atoms with Gasteiger partial charge in [-0.15, -0.1) is 11.6 Å². The summed E-state index contributed by atoms with van der Waals surface area (Å²) in [5, 5.41) is 0. The Morgan fingerprint density at radius 1 is 1.60 bits per heavy atom. The topological polar surface area (TPSA) is 35.5 Å². The molecule has 0 aromatic carbocycles. The summed E-state index contributed by atoms with van der Waals surface area (Å²) in [5.41, 5.74) is 0. The largest absolute Gasteiger partial charge is 0.510 e. The summed E-state index contributed by atoms with van der Waals surface area (Å²) in [5.74, 6) is -0.217. The molecule has 0 fully saturated rings. The van der Waals surface area contributed by atoms with Gasteiger partial charge in [0.15, 0.2) is 0 Å². The molecule has 10 heavy (non-hydrogen) atoms. The lowest BCUT2D eigenvalue weighted by Crippen LogP contribution is -2.24. The van der Waals surface area contributed by atoms with Crippen molar-refractivity contribution >= 4 is 41.0 Å². The molecule has 0 aromatic heterocycles.